The van der Waals surface area contributed by atoms with Crippen LogP contribution in [0.3, 0.4) is 0 Å². The van der Waals surface area contributed by atoms with Gasteiger partial charge >= 0.3 is 0 Å². The fourth-order valence-corrected chi connectivity index (χ4v) is 6.03. The average molecular weight is 529 g/mol. The number of benzene rings is 2. The molecule has 11 heteroatoms. The van der Waals surface area contributed by atoms with Crippen molar-refractivity contribution < 1.29 is 16.8 Å². The van der Waals surface area contributed by atoms with Gasteiger partial charge in [-0.1, -0.05) is 29.3 Å². The van der Waals surface area contributed by atoms with E-state index in [1.807, 2.05) is 6.92 Å². The van der Waals surface area contributed by atoms with Crippen LogP contribution in [0.25, 0.3) is 0 Å². The molecule has 0 atom stereocenters. The number of piperazine rings is 1. The Hall–Kier alpha value is -1.53. The molecule has 188 valence electrons. The number of halogens is 1. The van der Waals surface area contributed by atoms with Gasteiger partial charge in [-0.05, 0) is 69.3 Å². The third-order valence-corrected chi connectivity index (χ3v) is 9.01. The van der Waals surface area contributed by atoms with Crippen molar-refractivity contribution in [2.24, 2.45) is 0 Å². The lowest BCUT2D eigenvalue weighted by atomic mass is 10.2. The van der Waals surface area contributed by atoms with Gasteiger partial charge in [0, 0.05) is 44.3 Å². The van der Waals surface area contributed by atoms with E-state index < -0.39 is 20.0 Å². The van der Waals surface area contributed by atoms with E-state index in [9.17, 15) is 16.8 Å². The highest BCUT2D eigenvalue weighted by atomic mass is 35.5. The fraction of sp³-hybridized carbons (Fsp3) is 0.478. The molecule has 8 nitrogen and oxygen atoms in total. The monoisotopic (exact) mass is 528 g/mol. The summed E-state index contributed by atoms with van der Waals surface area (Å²) in [5.41, 5.74) is 1.03. The predicted molar refractivity (Wildman–Crippen MR) is 135 cm³/mol. The number of nitrogens with one attached hydrogen (secondary N) is 2. The Bertz CT molecular complexity index is 1030. The van der Waals surface area contributed by atoms with Crippen molar-refractivity contribution in [3.63, 3.8) is 0 Å². The van der Waals surface area contributed by atoms with Gasteiger partial charge in [0.05, 0.1) is 9.79 Å². The fourth-order valence-electron chi connectivity index (χ4n) is 3.75. The van der Waals surface area contributed by atoms with E-state index in [2.05, 4.69) is 19.2 Å². The number of rotatable bonds is 12. The Kier molecular flexibility index (Phi) is 9.90. The van der Waals surface area contributed by atoms with Crippen molar-refractivity contribution in [1.82, 2.24) is 19.2 Å². The quantitative estimate of drug-likeness (QED) is 0.410. The molecule has 0 saturated carbocycles. The van der Waals surface area contributed by atoms with E-state index in [0.29, 0.717) is 23.0 Å². The number of hydrogen-bond acceptors (Lipinski definition) is 6. The second kappa shape index (κ2) is 12.4. The largest absolute Gasteiger partial charge is 0.301 e. The molecule has 3 rings (SSSR count). The van der Waals surface area contributed by atoms with Gasteiger partial charge in [0.15, 0.2) is 0 Å². The van der Waals surface area contributed by atoms with E-state index in [4.69, 9.17) is 11.6 Å². The van der Waals surface area contributed by atoms with Gasteiger partial charge in [0.2, 0.25) is 20.0 Å². The minimum Gasteiger partial charge on any atom is -0.301 e. The second-order valence-corrected chi connectivity index (χ2v) is 12.4. The zero-order valence-electron chi connectivity index (χ0n) is 19.4. The lowest BCUT2D eigenvalue weighted by molar-refractivity contribution is 0.131. The van der Waals surface area contributed by atoms with E-state index >= 15 is 0 Å². The predicted octanol–water partition coefficient (Wildman–Crippen LogP) is 2.30. The van der Waals surface area contributed by atoms with Gasteiger partial charge in [-0.25, -0.2) is 26.3 Å². The smallest absolute Gasteiger partial charge is 0.240 e. The van der Waals surface area contributed by atoms with Crippen LogP contribution in [0.2, 0.25) is 5.02 Å². The van der Waals surface area contributed by atoms with Crippen LogP contribution in [-0.4, -0.2) is 79.0 Å². The first-order valence-electron chi connectivity index (χ1n) is 11.4. The molecule has 1 fully saturated rings. The summed E-state index contributed by atoms with van der Waals surface area (Å²) in [6, 6.07) is 13.0. The number of aryl methyl sites for hydroxylation is 1. The lowest BCUT2D eigenvalue weighted by Crippen LogP contribution is -2.47. The molecule has 1 saturated heterocycles. The number of sulfonamides is 2. The number of nitrogens with zero attached hydrogens (tertiary/aromatic N) is 2. The molecule has 34 heavy (non-hydrogen) atoms. The van der Waals surface area contributed by atoms with E-state index in [-0.39, 0.29) is 4.90 Å². The van der Waals surface area contributed by atoms with E-state index in [1.165, 1.54) is 12.1 Å². The van der Waals surface area contributed by atoms with Gasteiger partial charge in [0.25, 0.3) is 0 Å². The molecular weight excluding hydrogens is 496 g/mol. The summed E-state index contributed by atoms with van der Waals surface area (Å²) in [6.45, 7) is 8.04. The molecule has 2 aromatic rings. The Balaban J connectivity index is 1.28. The molecular formula is C23H33ClN4O4S2. The van der Waals surface area contributed by atoms with Crippen LogP contribution in [0.4, 0.5) is 0 Å². The Labute approximate surface area is 208 Å². The van der Waals surface area contributed by atoms with Gasteiger partial charge in [-0.15, -0.1) is 0 Å². The van der Waals surface area contributed by atoms with Gasteiger partial charge in [0.1, 0.15) is 0 Å². The zero-order valence-corrected chi connectivity index (χ0v) is 21.8. The minimum atomic E-state index is -3.52. The Morgan fingerprint density at radius 2 is 1.09 bits per heavy atom. The average Bonchev–Trinajstić information content (AvgIpc) is 2.81. The highest BCUT2D eigenvalue weighted by molar-refractivity contribution is 7.89. The maximum absolute atomic E-state index is 12.3. The highest BCUT2D eigenvalue weighted by Gasteiger charge is 2.18. The van der Waals surface area contributed by atoms with Crippen LogP contribution in [0.1, 0.15) is 18.4 Å². The summed E-state index contributed by atoms with van der Waals surface area (Å²) < 4.78 is 54.6. The minimum absolute atomic E-state index is 0.215. The van der Waals surface area contributed by atoms with Crippen molar-refractivity contribution in [3.8, 4) is 0 Å². The molecule has 1 heterocycles. The molecule has 0 radical (unpaired) electrons. The van der Waals surface area contributed by atoms with Gasteiger partial charge in [-0.2, -0.15) is 0 Å². The summed E-state index contributed by atoms with van der Waals surface area (Å²) in [4.78, 5) is 5.17. The summed E-state index contributed by atoms with van der Waals surface area (Å²) in [5, 5.41) is 0.502. The van der Waals surface area contributed by atoms with Crippen molar-refractivity contribution in [1.29, 1.82) is 0 Å². The molecule has 1 aliphatic rings. The molecule has 2 N–H and O–H groups in total. The summed E-state index contributed by atoms with van der Waals surface area (Å²) in [6.07, 6.45) is 1.48. The van der Waals surface area contributed by atoms with Crippen LogP contribution in [-0.2, 0) is 20.0 Å². The third-order valence-electron chi connectivity index (χ3n) is 5.81. The first-order valence-corrected chi connectivity index (χ1v) is 14.8. The molecule has 2 aromatic carbocycles. The van der Waals surface area contributed by atoms with Crippen molar-refractivity contribution in [2.75, 3.05) is 52.4 Å². The third kappa shape index (κ3) is 8.30. The second-order valence-electron chi connectivity index (χ2n) is 8.45. The topological polar surface area (TPSA) is 98.8 Å². The standard InChI is InChI=1S/C23H33ClN4O4S2/c1-20-4-8-22(9-5-20)33(29,30)25-12-2-14-27-16-18-28(19-17-27)15-3-13-26-34(31,32)23-10-6-21(24)7-11-23/h4-11,25-26H,2-3,12-19H2,1H3. The van der Waals surface area contributed by atoms with Crippen molar-refractivity contribution in [3.05, 3.63) is 59.1 Å². The zero-order chi connectivity index (χ0) is 24.6. The van der Waals surface area contributed by atoms with Crippen LogP contribution >= 0.6 is 11.6 Å². The van der Waals surface area contributed by atoms with Crippen LogP contribution in [0.15, 0.2) is 58.3 Å². The lowest BCUT2D eigenvalue weighted by Gasteiger charge is -2.34. The first-order chi connectivity index (χ1) is 16.2. The van der Waals surface area contributed by atoms with E-state index in [0.717, 1.165) is 57.7 Å². The summed E-state index contributed by atoms with van der Waals surface area (Å²) in [5.74, 6) is 0. The number of hydrogen-bond donors (Lipinski definition) is 2. The maximum atomic E-state index is 12.3. The first kappa shape index (κ1) is 27.1. The molecule has 0 spiro atoms. The molecule has 0 unspecified atom stereocenters. The van der Waals surface area contributed by atoms with Crippen molar-refractivity contribution >= 4 is 31.6 Å². The highest BCUT2D eigenvalue weighted by Crippen LogP contribution is 2.14. The SMILES string of the molecule is Cc1ccc(S(=O)(=O)NCCCN2CCN(CCCNS(=O)(=O)c3ccc(Cl)cc3)CC2)cc1. The maximum Gasteiger partial charge on any atom is 0.240 e. The van der Waals surface area contributed by atoms with Crippen LogP contribution < -0.4 is 9.44 Å². The Morgan fingerprint density at radius 3 is 1.50 bits per heavy atom. The molecule has 1 aliphatic heterocycles. The van der Waals surface area contributed by atoms with Crippen LogP contribution in [0.5, 0.6) is 0 Å². The van der Waals surface area contributed by atoms with Gasteiger partial charge in [-0.3, -0.25) is 0 Å². The molecule has 0 aliphatic carbocycles. The van der Waals surface area contributed by atoms with Crippen LogP contribution in [0, 0.1) is 6.92 Å². The summed E-state index contributed by atoms with van der Waals surface area (Å²) >= 11 is 5.81. The summed E-state index contributed by atoms with van der Waals surface area (Å²) in [7, 11) is -6.98. The molecule has 0 aromatic heterocycles. The Morgan fingerprint density at radius 1 is 0.706 bits per heavy atom. The normalized spacial score (nSPS) is 16.1. The molecule has 0 bridgehead atoms. The van der Waals surface area contributed by atoms with Gasteiger partial charge < -0.3 is 9.80 Å². The van der Waals surface area contributed by atoms with E-state index in [1.54, 1.807) is 36.4 Å². The molecule has 0 amide bonds. The van der Waals surface area contributed by atoms with Crippen molar-refractivity contribution in [2.45, 2.75) is 29.6 Å².